The van der Waals surface area contributed by atoms with Crippen LogP contribution < -0.4 is 0 Å². The molecule has 0 aliphatic heterocycles. The smallest absolute Gasteiger partial charge is 0.211 e. The molecule has 12 heavy (non-hydrogen) atoms. The standard InChI is InChI=1S/C8H5F2NO/c1-5-7(9)2-6(11-4-12)3-8(5)10/h2-3H,1H3. The predicted octanol–water partition coefficient (Wildman–Crippen LogP) is 2.24. The van der Waals surface area contributed by atoms with Crippen molar-refractivity contribution in [2.45, 2.75) is 6.92 Å². The summed E-state index contributed by atoms with van der Waals surface area (Å²) in [5.41, 5.74) is -0.148. The SMILES string of the molecule is Cc1c(F)cc(N=C=O)cc1F. The first-order valence-corrected chi connectivity index (χ1v) is 3.18. The first-order valence-electron chi connectivity index (χ1n) is 3.18. The first-order chi connectivity index (χ1) is 5.65. The molecule has 0 N–H and O–H groups in total. The summed E-state index contributed by atoms with van der Waals surface area (Å²) in [6.45, 7) is 1.30. The summed E-state index contributed by atoms with van der Waals surface area (Å²) in [6.07, 6.45) is 1.20. The van der Waals surface area contributed by atoms with Gasteiger partial charge in [-0.05, 0) is 6.92 Å². The van der Waals surface area contributed by atoms with Crippen LogP contribution in [0.2, 0.25) is 0 Å². The van der Waals surface area contributed by atoms with Gasteiger partial charge < -0.3 is 0 Å². The van der Waals surface area contributed by atoms with E-state index in [9.17, 15) is 13.6 Å². The van der Waals surface area contributed by atoms with Crippen molar-refractivity contribution in [3.05, 3.63) is 29.3 Å². The van der Waals surface area contributed by atoms with Crippen molar-refractivity contribution in [1.82, 2.24) is 0 Å². The maximum absolute atomic E-state index is 12.7. The van der Waals surface area contributed by atoms with Gasteiger partial charge in [-0.3, -0.25) is 0 Å². The van der Waals surface area contributed by atoms with E-state index in [1.54, 1.807) is 0 Å². The molecule has 0 heterocycles. The Morgan fingerprint density at radius 3 is 2.25 bits per heavy atom. The number of aliphatic imine (C=N–C) groups is 1. The van der Waals surface area contributed by atoms with Crippen molar-refractivity contribution >= 4 is 11.8 Å². The second kappa shape index (κ2) is 3.24. The predicted molar refractivity (Wildman–Crippen MR) is 38.9 cm³/mol. The van der Waals surface area contributed by atoms with Crippen LogP contribution in [0.4, 0.5) is 14.5 Å². The number of nitrogens with zero attached hydrogens (tertiary/aromatic N) is 1. The summed E-state index contributed by atoms with van der Waals surface area (Å²) in [5, 5.41) is 0. The highest BCUT2D eigenvalue weighted by molar-refractivity contribution is 5.49. The van der Waals surface area contributed by atoms with E-state index >= 15 is 0 Å². The lowest BCUT2D eigenvalue weighted by Crippen LogP contribution is -1.86. The summed E-state index contributed by atoms with van der Waals surface area (Å²) < 4.78 is 25.5. The van der Waals surface area contributed by atoms with E-state index in [0.717, 1.165) is 12.1 Å². The zero-order chi connectivity index (χ0) is 9.14. The largest absolute Gasteiger partial charge is 0.240 e. The molecule has 0 aliphatic rings. The number of benzene rings is 1. The maximum atomic E-state index is 12.7. The molecule has 62 valence electrons. The molecule has 2 nitrogen and oxygen atoms in total. The van der Waals surface area contributed by atoms with Gasteiger partial charge in [0.05, 0.1) is 5.69 Å². The van der Waals surface area contributed by atoms with Gasteiger partial charge in [-0.15, -0.1) is 0 Å². The Hall–Kier alpha value is -1.54. The lowest BCUT2D eigenvalue weighted by molar-refractivity contribution is 0.563. The Labute approximate surface area is 67.5 Å². The Morgan fingerprint density at radius 1 is 1.33 bits per heavy atom. The van der Waals surface area contributed by atoms with Crippen molar-refractivity contribution in [2.75, 3.05) is 0 Å². The molecule has 0 spiro atoms. The first kappa shape index (κ1) is 8.56. The van der Waals surface area contributed by atoms with Crippen LogP contribution in [-0.2, 0) is 4.79 Å². The fraction of sp³-hybridized carbons (Fsp3) is 0.125. The van der Waals surface area contributed by atoms with E-state index in [0.29, 0.717) is 0 Å². The molecule has 0 saturated heterocycles. The summed E-state index contributed by atoms with van der Waals surface area (Å²) in [6, 6.07) is 1.95. The van der Waals surface area contributed by atoms with Gasteiger partial charge in [0.15, 0.2) is 0 Å². The van der Waals surface area contributed by atoms with Gasteiger partial charge in [0, 0.05) is 17.7 Å². The molecule has 0 radical (unpaired) electrons. The number of carbonyl (C=O) groups excluding carboxylic acids is 1. The van der Waals surface area contributed by atoms with E-state index in [2.05, 4.69) is 4.99 Å². The molecule has 1 aromatic rings. The minimum atomic E-state index is -0.719. The van der Waals surface area contributed by atoms with E-state index in [4.69, 9.17) is 0 Å². The molecule has 1 aromatic carbocycles. The molecule has 0 bridgehead atoms. The Morgan fingerprint density at radius 2 is 1.83 bits per heavy atom. The minimum Gasteiger partial charge on any atom is -0.211 e. The second-order valence-corrected chi connectivity index (χ2v) is 2.24. The molecule has 0 unspecified atom stereocenters. The lowest BCUT2D eigenvalue weighted by atomic mass is 10.2. The minimum absolute atomic E-state index is 0.0643. The van der Waals surface area contributed by atoms with Gasteiger partial charge in [-0.1, -0.05) is 0 Å². The Kier molecular flexibility index (Phi) is 2.31. The van der Waals surface area contributed by atoms with Crippen LogP contribution in [0.3, 0.4) is 0 Å². The van der Waals surface area contributed by atoms with Gasteiger partial charge in [-0.2, -0.15) is 4.99 Å². The van der Waals surface area contributed by atoms with Gasteiger partial charge in [-0.25, -0.2) is 13.6 Å². The summed E-state index contributed by atoms with van der Waals surface area (Å²) >= 11 is 0. The third kappa shape index (κ3) is 1.54. The quantitative estimate of drug-likeness (QED) is 0.468. The number of halogens is 2. The van der Waals surface area contributed by atoms with Crippen molar-refractivity contribution < 1.29 is 13.6 Å². The summed E-state index contributed by atoms with van der Waals surface area (Å²) in [5.74, 6) is -1.44. The van der Waals surface area contributed by atoms with Crippen LogP contribution in [0.5, 0.6) is 0 Å². The van der Waals surface area contributed by atoms with Crippen molar-refractivity contribution in [3.8, 4) is 0 Å². The van der Waals surface area contributed by atoms with Crippen LogP contribution in [0.25, 0.3) is 0 Å². The Balaban J connectivity index is 3.30. The highest BCUT2D eigenvalue weighted by Gasteiger charge is 2.05. The van der Waals surface area contributed by atoms with Crippen LogP contribution in [0.15, 0.2) is 17.1 Å². The third-order valence-corrected chi connectivity index (χ3v) is 1.44. The number of isocyanates is 1. The molecule has 0 aliphatic carbocycles. The second-order valence-electron chi connectivity index (χ2n) is 2.24. The van der Waals surface area contributed by atoms with E-state index < -0.39 is 11.6 Å². The van der Waals surface area contributed by atoms with Crippen LogP contribution in [-0.4, -0.2) is 6.08 Å². The van der Waals surface area contributed by atoms with E-state index in [1.165, 1.54) is 13.0 Å². The molecule has 0 fully saturated rings. The summed E-state index contributed by atoms with van der Waals surface area (Å²) in [4.78, 5) is 12.8. The van der Waals surface area contributed by atoms with Crippen LogP contribution in [0.1, 0.15) is 5.56 Å². The lowest BCUT2D eigenvalue weighted by Gasteiger charge is -1.98. The van der Waals surface area contributed by atoms with Crippen LogP contribution in [0, 0.1) is 18.6 Å². The van der Waals surface area contributed by atoms with Gasteiger partial charge in [0.2, 0.25) is 6.08 Å². The number of hydrogen-bond donors (Lipinski definition) is 0. The number of hydrogen-bond acceptors (Lipinski definition) is 2. The molecular weight excluding hydrogens is 164 g/mol. The molecule has 0 amide bonds. The molecular formula is C8H5F2NO. The van der Waals surface area contributed by atoms with Crippen molar-refractivity contribution in [3.63, 3.8) is 0 Å². The van der Waals surface area contributed by atoms with Crippen molar-refractivity contribution in [2.24, 2.45) is 4.99 Å². The highest BCUT2D eigenvalue weighted by atomic mass is 19.1. The van der Waals surface area contributed by atoms with Crippen LogP contribution >= 0.6 is 0 Å². The fourth-order valence-corrected chi connectivity index (χ4v) is 0.749. The fourth-order valence-electron chi connectivity index (χ4n) is 0.749. The topological polar surface area (TPSA) is 29.4 Å². The van der Waals surface area contributed by atoms with E-state index in [1.807, 2.05) is 0 Å². The Bertz CT molecular complexity index is 333. The third-order valence-electron chi connectivity index (χ3n) is 1.44. The van der Waals surface area contributed by atoms with Gasteiger partial charge in [0.1, 0.15) is 11.6 Å². The average molecular weight is 169 g/mol. The zero-order valence-electron chi connectivity index (χ0n) is 6.27. The molecule has 0 saturated carbocycles. The van der Waals surface area contributed by atoms with Crippen molar-refractivity contribution in [1.29, 1.82) is 0 Å². The maximum Gasteiger partial charge on any atom is 0.240 e. The molecule has 0 atom stereocenters. The summed E-state index contributed by atoms with van der Waals surface area (Å²) in [7, 11) is 0. The monoisotopic (exact) mass is 169 g/mol. The average Bonchev–Trinajstić information content (AvgIpc) is 2.01. The van der Waals surface area contributed by atoms with Gasteiger partial charge in [0.25, 0.3) is 0 Å². The molecule has 4 heteroatoms. The van der Waals surface area contributed by atoms with E-state index in [-0.39, 0.29) is 11.3 Å². The molecule has 0 aromatic heterocycles. The normalized spacial score (nSPS) is 9.25. The highest BCUT2D eigenvalue weighted by Crippen LogP contribution is 2.19. The zero-order valence-corrected chi connectivity index (χ0v) is 6.27. The number of rotatable bonds is 1. The van der Waals surface area contributed by atoms with Gasteiger partial charge >= 0.3 is 0 Å². The molecule has 1 rings (SSSR count).